The number of aryl methyl sites for hydroxylation is 2. The average molecular weight is 415 g/mol. The fourth-order valence-electron chi connectivity index (χ4n) is 3.26. The zero-order valence-electron chi connectivity index (χ0n) is 16.1. The first-order chi connectivity index (χ1) is 13.9. The molecule has 0 saturated carbocycles. The molecule has 1 aliphatic heterocycles. The highest BCUT2D eigenvalue weighted by Gasteiger charge is 2.33. The number of sulfonamides is 1. The van der Waals surface area contributed by atoms with Crippen molar-refractivity contribution in [3.05, 3.63) is 48.0 Å². The van der Waals surface area contributed by atoms with Crippen LogP contribution in [0.25, 0.3) is 0 Å². The highest BCUT2D eigenvalue weighted by atomic mass is 32.2. The van der Waals surface area contributed by atoms with Gasteiger partial charge in [-0.1, -0.05) is 11.2 Å². The molecular formula is C18H21N7O3S. The van der Waals surface area contributed by atoms with E-state index in [0.717, 1.165) is 0 Å². The first-order valence-corrected chi connectivity index (χ1v) is 10.6. The summed E-state index contributed by atoms with van der Waals surface area (Å²) in [5, 5.41) is 15.3. The Morgan fingerprint density at radius 2 is 1.79 bits per heavy atom. The van der Waals surface area contributed by atoms with Crippen LogP contribution in [0.4, 0.5) is 17.5 Å². The van der Waals surface area contributed by atoms with Gasteiger partial charge in [0.05, 0.1) is 0 Å². The predicted octanol–water partition coefficient (Wildman–Crippen LogP) is 1.73. The largest absolute Gasteiger partial charge is 0.360 e. The average Bonchev–Trinajstić information content (AvgIpc) is 3.08. The number of pyridine rings is 1. The van der Waals surface area contributed by atoms with E-state index in [1.165, 1.54) is 4.31 Å². The molecule has 29 heavy (non-hydrogen) atoms. The van der Waals surface area contributed by atoms with Crippen LogP contribution >= 0.6 is 0 Å². The molecule has 0 aromatic carbocycles. The summed E-state index contributed by atoms with van der Waals surface area (Å²) >= 11 is 0. The van der Waals surface area contributed by atoms with Crippen LogP contribution in [-0.2, 0) is 10.0 Å². The van der Waals surface area contributed by atoms with Gasteiger partial charge in [-0.3, -0.25) is 0 Å². The van der Waals surface area contributed by atoms with Crippen molar-refractivity contribution >= 4 is 27.5 Å². The van der Waals surface area contributed by atoms with E-state index in [9.17, 15) is 8.42 Å². The van der Waals surface area contributed by atoms with Gasteiger partial charge in [0, 0.05) is 32.4 Å². The Hall–Kier alpha value is -3.05. The van der Waals surface area contributed by atoms with Gasteiger partial charge in [0.25, 0.3) is 0 Å². The molecule has 1 saturated heterocycles. The minimum atomic E-state index is -3.63. The van der Waals surface area contributed by atoms with Gasteiger partial charge in [-0.15, -0.1) is 10.2 Å². The maximum Gasteiger partial charge on any atom is 0.248 e. The molecular weight excluding hydrogens is 394 g/mol. The van der Waals surface area contributed by atoms with Crippen molar-refractivity contribution in [1.82, 2.24) is 24.6 Å². The van der Waals surface area contributed by atoms with Crippen molar-refractivity contribution in [3.63, 3.8) is 0 Å². The van der Waals surface area contributed by atoms with Crippen LogP contribution in [0.5, 0.6) is 0 Å². The lowest BCUT2D eigenvalue weighted by molar-refractivity contribution is 0.377. The van der Waals surface area contributed by atoms with Crippen molar-refractivity contribution in [2.75, 3.05) is 36.4 Å². The van der Waals surface area contributed by atoms with Crippen LogP contribution in [0.15, 0.2) is 45.9 Å². The minimum absolute atomic E-state index is 0.163. The van der Waals surface area contributed by atoms with Crippen LogP contribution in [0.3, 0.4) is 0 Å². The third-order valence-corrected chi connectivity index (χ3v) is 6.84. The van der Waals surface area contributed by atoms with E-state index in [-0.39, 0.29) is 4.90 Å². The molecule has 1 fully saturated rings. The molecule has 11 heteroatoms. The van der Waals surface area contributed by atoms with Gasteiger partial charge in [-0.25, -0.2) is 13.4 Å². The number of hydrogen-bond donors (Lipinski definition) is 1. The Bertz CT molecular complexity index is 1060. The highest BCUT2D eigenvalue weighted by molar-refractivity contribution is 7.89. The lowest BCUT2D eigenvalue weighted by atomic mass is 10.3. The van der Waals surface area contributed by atoms with Gasteiger partial charge < -0.3 is 14.7 Å². The van der Waals surface area contributed by atoms with Crippen LogP contribution in [0, 0.1) is 13.8 Å². The fourth-order valence-corrected chi connectivity index (χ4v) is 4.97. The standard InChI is InChI=1S/C18H21N7O3S/c1-13-18(14(2)28-23-13)29(26,27)25-11-9-24(10-12-25)17-7-6-16(21-22-17)20-15-5-3-4-8-19-15/h3-8H,9-12H2,1-2H3,(H,19,20,21). The van der Waals surface area contributed by atoms with E-state index in [2.05, 4.69) is 25.7 Å². The third-order valence-electron chi connectivity index (χ3n) is 4.70. The number of hydrogen-bond acceptors (Lipinski definition) is 9. The normalized spacial score (nSPS) is 15.4. The van der Waals surface area contributed by atoms with Gasteiger partial charge in [0.2, 0.25) is 10.0 Å². The van der Waals surface area contributed by atoms with Crippen LogP contribution in [0.2, 0.25) is 0 Å². The second-order valence-electron chi connectivity index (χ2n) is 6.66. The number of rotatable bonds is 5. The highest BCUT2D eigenvalue weighted by Crippen LogP contribution is 2.25. The monoisotopic (exact) mass is 415 g/mol. The summed E-state index contributed by atoms with van der Waals surface area (Å²) in [6.45, 7) is 4.98. The van der Waals surface area contributed by atoms with Crippen LogP contribution in [-0.4, -0.2) is 59.2 Å². The zero-order valence-corrected chi connectivity index (χ0v) is 16.9. The Balaban J connectivity index is 1.41. The van der Waals surface area contributed by atoms with E-state index in [4.69, 9.17) is 4.52 Å². The van der Waals surface area contributed by atoms with Crippen molar-refractivity contribution in [3.8, 4) is 0 Å². The van der Waals surface area contributed by atoms with E-state index in [1.54, 1.807) is 20.0 Å². The van der Waals surface area contributed by atoms with Gasteiger partial charge in [0.1, 0.15) is 16.4 Å². The Morgan fingerprint density at radius 3 is 2.38 bits per heavy atom. The molecule has 0 bridgehead atoms. The smallest absolute Gasteiger partial charge is 0.248 e. The summed E-state index contributed by atoms with van der Waals surface area (Å²) in [5.74, 6) is 2.29. The summed E-state index contributed by atoms with van der Waals surface area (Å²) in [6, 6.07) is 9.24. The van der Waals surface area contributed by atoms with Gasteiger partial charge >= 0.3 is 0 Å². The molecule has 0 spiro atoms. The third kappa shape index (κ3) is 3.91. The van der Waals surface area contributed by atoms with Gasteiger partial charge in [-0.05, 0) is 38.1 Å². The second-order valence-corrected chi connectivity index (χ2v) is 8.54. The van der Waals surface area contributed by atoms with Crippen molar-refractivity contribution in [2.45, 2.75) is 18.7 Å². The van der Waals surface area contributed by atoms with Crippen LogP contribution in [0.1, 0.15) is 11.5 Å². The van der Waals surface area contributed by atoms with E-state index >= 15 is 0 Å². The van der Waals surface area contributed by atoms with E-state index in [0.29, 0.717) is 55.1 Å². The van der Waals surface area contributed by atoms with Crippen molar-refractivity contribution in [2.24, 2.45) is 0 Å². The number of anilines is 3. The lowest BCUT2D eigenvalue weighted by Gasteiger charge is -2.34. The molecule has 3 aromatic rings. The summed E-state index contributed by atoms with van der Waals surface area (Å²) in [4.78, 5) is 6.36. The van der Waals surface area contributed by atoms with E-state index < -0.39 is 10.0 Å². The summed E-state index contributed by atoms with van der Waals surface area (Å²) in [5.41, 5.74) is 0.381. The molecule has 0 unspecified atom stereocenters. The number of nitrogens with one attached hydrogen (secondary N) is 1. The molecule has 3 aromatic heterocycles. The fraction of sp³-hybridized carbons (Fsp3) is 0.333. The Morgan fingerprint density at radius 1 is 1.00 bits per heavy atom. The van der Waals surface area contributed by atoms with Gasteiger partial charge in [-0.2, -0.15) is 4.31 Å². The Labute approximate surface area is 168 Å². The van der Waals surface area contributed by atoms with E-state index in [1.807, 2.05) is 35.2 Å². The number of aromatic nitrogens is 4. The predicted molar refractivity (Wildman–Crippen MR) is 107 cm³/mol. The molecule has 0 radical (unpaired) electrons. The first kappa shape index (κ1) is 19.3. The second kappa shape index (κ2) is 7.76. The molecule has 4 heterocycles. The van der Waals surface area contributed by atoms with Gasteiger partial charge in [0.15, 0.2) is 17.4 Å². The molecule has 152 valence electrons. The lowest BCUT2D eigenvalue weighted by Crippen LogP contribution is -2.49. The quantitative estimate of drug-likeness (QED) is 0.664. The van der Waals surface area contributed by atoms with Crippen molar-refractivity contribution < 1.29 is 12.9 Å². The van der Waals surface area contributed by atoms with Crippen molar-refractivity contribution in [1.29, 1.82) is 0 Å². The number of nitrogens with zero attached hydrogens (tertiary/aromatic N) is 6. The topological polar surface area (TPSA) is 117 Å². The Kier molecular flexibility index (Phi) is 5.16. The molecule has 0 aliphatic carbocycles. The molecule has 0 amide bonds. The molecule has 1 N–H and O–H groups in total. The molecule has 10 nitrogen and oxygen atoms in total. The SMILES string of the molecule is Cc1noc(C)c1S(=O)(=O)N1CCN(c2ccc(Nc3ccccn3)nn2)CC1. The summed E-state index contributed by atoms with van der Waals surface area (Å²) in [6.07, 6.45) is 1.69. The zero-order chi connectivity index (χ0) is 20.4. The maximum atomic E-state index is 12.9. The maximum absolute atomic E-state index is 12.9. The molecule has 0 atom stereocenters. The number of piperazine rings is 1. The first-order valence-electron chi connectivity index (χ1n) is 9.15. The van der Waals surface area contributed by atoms with Crippen LogP contribution < -0.4 is 10.2 Å². The molecule has 1 aliphatic rings. The molecule has 4 rings (SSSR count). The summed E-state index contributed by atoms with van der Waals surface area (Å²) < 4.78 is 32.3. The minimum Gasteiger partial charge on any atom is -0.360 e. The summed E-state index contributed by atoms with van der Waals surface area (Å²) in [7, 11) is -3.63.